The first kappa shape index (κ1) is 18.2. The molecule has 9 nitrogen and oxygen atoms in total. The number of carbonyl (C=O) groups is 2. The van der Waals surface area contributed by atoms with Crippen molar-refractivity contribution in [1.82, 2.24) is 20.3 Å². The third-order valence-electron chi connectivity index (χ3n) is 3.10. The summed E-state index contributed by atoms with van der Waals surface area (Å²) in [4.78, 5) is 22.9. The number of aliphatic carboxylic acids is 1. The lowest BCUT2D eigenvalue weighted by Gasteiger charge is -2.14. The second kappa shape index (κ2) is 8.13. The van der Waals surface area contributed by atoms with Crippen molar-refractivity contribution >= 4 is 11.9 Å². The minimum absolute atomic E-state index is 0.0120. The summed E-state index contributed by atoms with van der Waals surface area (Å²) < 4.78 is 12.0. The smallest absolute Gasteiger partial charge is 0.325 e. The van der Waals surface area contributed by atoms with E-state index < -0.39 is 5.97 Å². The Morgan fingerprint density at radius 1 is 1.32 bits per heavy atom. The van der Waals surface area contributed by atoms with Gasteiger partial charge in [-0.3, -0.25) is 9.59 Å². The van der Waals surface area contributed by atoms with Crippen LogP contribution in [0.4, 0.5) is 0 Å². The zero-order valence-corrected chi connectivity index (χ0v) is 14.2. The van der Waals surface area contributed by atoms with E-state index in [1.54, 1.807) is 18.2 Å². The molecule has 0 saturated carbocycles. The summed E-state index contributed by atoms with van der Waals surface area (Å²) in [6.07, 6.45) is 1.45. The van der Waals surface area contributed by atoms with Crippen LogP contribution < -0.4 is 14.8 Å². The van der Waals surface area contributed by atoms with Gasteiger partial charge in [-0.2, -0.15) is 0 Å². The number of ether oxygens (including phenoxy) is 2. The molecule has 0 aliphatic rings. The fourth-order valence-corrected chi connectivity index (χ4v) is 2.07. The Bertz CT molecular complexity index is 757. The number of carbonyl (C=O) groups excluding carboxylic acids is 1. The quantitative estimate of drug-likeness (QED) is 0.733. The normalized spacial score (nSPS) is 10.6. The summed E-state index contributed by atoms with van der Waals surface area (Å²) in [5, 5.41) is 18.9. The van der Waals surface area contributed by atoms with Gasteiger partial charge in [0.05, 0.1) is 26.0 Å². The number of carboxylic acids is 1. The van der Waals surface area contributed by atoms with E-state index in [0.717, 1.165) is 0 Å². The molecule has 2 rings (SSSR count). The molecular formula is C16H20N4O5. The number of aromatic nitrogens is 3. The zero-order chi connectivity index (χ0) is 18.4. The summed E-state index contributed by atoms with van der Waals surface area (Å²) in [7, 11) is 1.50. The lowest BCUT2D eigenvalue weighted by Crippen LogP contribution is -2.23. The summed E-state index contributed by atoms with van der Waals surface area (Å²) >= 11 is 0. The summed E-state index contributed by atoms with van der Waals surface area (Å²) in [6.45, 7) is 3.65. The molecule has 2 aromatic rings. The van der Waals surface area contributed by atoms with Gasteiger partial charge in [-0.05, 0) is 32.0 Å². The molecule has 0 fully saturated rings. The molecule has 9 heteroatoms. The standard InChI is InChI=1S/C16H20N4O5/c1-10(2)25-13-5-4-11(6-14(13)24-3)16(23)17-7-12-8-20(19-18-12)9-15(21)22/h4-6,8,10H,7,9H2,1-3H3,(H,17,23)(H,21,22). The molecule has 0 atom stereocenters. The Kier molecular flexibility index (Phi) is 5.93. The van der Waals surface area contributed by atoms with Crippen LogP contribution in [0.3, 0.4) is 0 Å². The monoisotopic (exact) mass is 348 g/mol. The van der Waals surface area contributed by atoms with Gasteiger partial charge in [0.1, 0.15) is 12.2 Å². The first-order chi connectivity index (χ1) is 11.9. The summed E-state index contributed by atoms with van der Waals surface area (Å²) in [5.41, 5.74) is 0.868. The molecule has 1 aromatic heterocycles. The van der Waals surface area contributed by atoms with E-state index in [1.165, 1.54) is 18.0 Å². The predicted molar refractivity (Wildman–Crippen MR) is 87.6 cm³/mol. The number of hydrogen-bond acceptors (Lipinski definition) is 6. The van der Waals surface area contributed by atoms with Crippen LogP contribution in [0.2, 0.25) is 0 Å². The zero-order valence-electron chi connectivity index (χ0n) is 14.2. The lowest BCUT2D eigenvalue weighted by atomic mass is 10.2. The van der Waals surface area contributed by atoms with Gasteiger partial charge in [0.15, 0.2) is 11.5 Å². The Hall–Kier alpha value is -3.10. The van der Waals surface area contributed by atoms with Crippen LogP contribution in [0, 0.1) is 0 Å². The first-order valence-corrected chi connectivity index (χ1v) is 7.62. The molecule has 0 aliphatic heterocycles. The van der Waals surface area contributed by atoms with Gasteiger partial charge in [0.25, 0.3) is 5.91 Å². The highest BCUT2D eigenvalue weighted by atomic mass is 16.5. The highest BCUT2D eigenvalue weighted by molar-refractivity contribution is 5.94. The minimum Gasteiger partial charge on any atom is -0.493 e. The number of nitrogens with one attached hydrogen (secondary N) is 1. The van der Waals surface area contributed by atoms with Crippen molar-refractivity contribution in [3.05, 3.63) is 35.7 Å². The molecule has 0 saturated heterocycles. The van der Waals surface area contributed by atoms with E-state index in [9.17, 15) is 9.59 Å². The maximum absolute atomic E-state index is 12.2. The third kappa shape index (κ3) is 5.20. The van der Waals surface area contributed by atoms with Crippen molar-refractivity contribution < 1.29 is 24.2 Å². The van der Waals surface area contributed by atoms with Gasteiger partial charge in [0, 0.05) is 5.56 Å². The topological polar surface area (TPSA) is 116 Å². The number of methoxy groups -OCH3 is 1. The highest BCUT2D eigenvalue weighted by Gasteiger charge is 2.13. The van der Waals surface area contributed by atoms with Crippen molar-refractivity contribution in [3.63, 3.8) is 0 Å². The number of benzene rings is 1. The number of carboxylic acid groups (broad SMARTS) is 1. The molecule has 1 heterocycles. The Morgan fingerprint density at radius 2 is 2.08 bits per heavy atom. The molecule has 134 valence electrons. The minimum atomic E-state index is -1.02. The summed E-state index contributed by atoms with van der Waals surface area (Å²) in [5.74, 6) is -0.308. The van der Waals surface area contributed by atoms with E-state index in [0.29, 0.717) is 22.8 Å². The predicted octanol–water partition coefficient (Wildman–Crippen LogP) is 1.09. The fraction of sp³-hybridized carbons (Fsp3) is 0.375. The maximum atomic E-state index is 12.2. The molecule has 25 heavy (non-hydrogen) atoms. The SMILES string of the molecule is COc1cc(C(=O)NCc2cn(CC(=O)O)nn2)ccc1OC(C)C. The van der Waals surface area contributed by atoms with Gasteiger partial charge in [-0.25, -0.2) is 4.68 Å². The van der Waals surface area contributed by atoms with E-state index in [4.69, 9.17) is 14.6 Å². The summed E-state index contributed by atoms with van der Waals surface area (Å²) in [6, 6.07) is 4.90. The van der Waals surface area contributed by atoms with Crippen molar-refractivity contribution in [2.24, 2.45) is 0 Å². The van der Waals surface area contributed by atoms with Crippen LogP contribution in [0.5, 0.6) is 11.5 Å². The van der Waals surface area contributed by atoms with Crippen LogP contribution >= 0.6 is 0 Å². The van der Waals surface area contributed by atoms with Crippen molar-refractivity contribution in [3.8, 4) is 11.5 Å². The average molecular weight is 348 g/mol. The van der Waals surface area contributed by atoms with Crippen LogP contribution in [0.25, 0.3) is 0 Å². The average Bonchev–Trinajstić information content (AvgIpc) is 2.99. The molecule has 1 amide bonds. The van der Waals surface area contributed by atoms with E-state index in [2.05, 4.69) is 15.6 Å². The van der Waals surface area contributed by atoms with E-state index in [-0.39, 0.29) is 25.1 Å². The third-order valence-corrected chi connectivity index (χ3v) is 3.10. The molecular weight excluding hydrogens is 328 g/mol. The van der Waals surface area contributed by atoms with Gasteiger partial charge in [0.2, 0.25) is 0 Å². The van der Waals surface area contributed by atoms with Crippen LogP contribution in [0.1, 0.15) is 29.9 Å². The second-order valence-corrected chi connectivity index (χ2v) is 5.52. The van der Waals surface area contributed by atoms with E-state index in [1.807, 2.05) is 13.8 Å². The molecule has 0 radical (unpaired) electrons. The number of hydrogen-bond donors (Lipinski definition) is 2. The Balaban J connectivity index is 2.00. The first-order valence-electron chi connectivity index (χ1n) is 7.62. The van der Waals surface area contributed by atoms with E-state index >= 15 is 0 Å². The lowest BCUT2D eigenvalue weighted by molar-refractivity contribution is -0.137. The van der Waals surface area contributed by atoms with Gasteiger partial charge in [-0.1, -0.05) is 5.21 Å². The number of rotatable bonds is 8. The number of amides is 1. The molecule has 0 aliphatic carbocycles. The second-order valence-electron chi connectivity index (χ2n) is 5.52. The van der Waals surface area contributed by atoms with Crippen LogP contribution in [-0.4, -0.2) is 45.2 Å². The van der Waals surface area contributed by atoms with Crippen molar-refractivity contribution in [2.45, 2.75) is 33.0 Å². The van der Waals surface area contributed by atoms with Crippen molar-refractivity contribution in [2.75, 3.05) is 7.11 Å². The largest absolute Gasteiger partial charge is 0.493 e. The molecule has 0 spiro atoms. The Labute approximate surface area is 144 Å². The maximum Gasteiger partial charge on any atom is 0.325 e. The fourth-order valence-electron chi connectivity index (χ4n) is 2.07. The van der Waals surface area contributed by atoms with Crippen molar-refractivity contribution in [1.29, 1.82) is 0 Å². The Morgan fingerprint density at radius 3 is 2.72 bits per heavy atom. The van der Waals surface area contributed by atoms with Gasteiger partial charge < -0.3 is 19.9 Å². The molecule has 0 bridgehead atoms. The van der Waals surface area contributed by atoms with Gasteiger partial charge >= 0.3 is 5.97 Å². The molecule has 1 aromatic carbocycles. The van der Waals surface area contributed by atoms with Crippen LogP contribution in [0.15, 0.2) is 24.4 Å². The highest BCUT2D eigenvalue weighted by Crippen LogP contribution is 2.28. The van der Waals surface area contributed by atoms with Crippen LogP contribution in [-0.2, 0) is 17.9 Å². The van der Waals surface area contributed by atoms with Gasteiger partial charge in [-0.15, -0.1) is 5.10 Å². The molecule has 0 unspecified atom stereocenters. The number of nitrogens with zero attached hydrogens (tertiary/aromatic N) is 3. The molecule has 2 N–H and O–H groups in total.